The molecule has 28 heavy (non-hydrogen) atoms. The molecule has 0 aliphatic carbocycles. The van der Waals surface area contributed by atoms with Gasteiger partial charge in [0.05, 0.1) is 17.8 Å². The third-order valence-electron chi connectivity index (χ3n) is 5.68. The zero-order chi connectivity index (χ0) is 19.7. The number of hydrogen-bond acceptors (Lipinski definition) is 4. The van der Waals surface area contributed by atoms with Crippen molar-refractivity contribution in [1.29, 1.82) is 0 Å². The number of amides is 2. The van der Waals surface area contributed by atoms with Crippen molar-refractivity contribution < 1.29 is 14.3 Å². The summed E-state index contributed by atoms with van der Waals surface area (Å²) in [4.78, 5) is 26.5. The fourth-order valence-electron chi connectivity index (χ4n) is 4.19. The van der Waals surface area contributed by atoms with E-state index in [1.54, 1.807) is 6.20 Å². The number of aromatic nitrogens is 2. The third-order valence-corrected chi connectivity index (χ3v) is 5.68. The van der Waals surface area contributed by atoms with Gasteiger partial charge in [0.15, 0.2) is 0 Å². The van der Waals surface area contributed by atoms with Crippen molar-refractivity contribution in [2.24, 2.45) is 0 Å². The first-order valence-corrected chi connectivity index (χ1v) is 9.84. The van der Waals surface area contributed by atoms with E-state index in [0.717, 1.165) is 55.0 Å². The van der Waals surface area contributed by atoms with E-state index >= 15 is 0 Å². The number of rotatable bonds is 3. The third kappa shape index (κ3) is 3.54. The standard InChI is InChI=1S/C21H26N4O3/c1-14-19(12-22-25(14)17-7-10-28-11-8-17)21(27)24-9-6-18-16(13-24)4-3-5-20(18)23-15(2)26/h3-5,12,17H,6-11,13H2,1-2H3,(H,23,26). The molecule has 1 saturated heterocycles. The molecule has 1 fully saturated rings. The fourth-order valence-corrected chi connectivity index (χ4v) is 4.19. The quantitative estimate of drug-likeness (QED) is 0.886. The highest BCUT2D eigenvalue weighted by Crippen LogP contribution is 2.28. The van der Waals surface area contributed by atoms with Gasteiger partial charge in [0, 0.05) is 44.6 Å². The minimum atomic E-state index is -0.0805. The van der Waals surface area contributed by atoms with Gasteiger partial charge in [-0.2, -0.15) is 5.10 Å². The summed E-state index contributed by atoms with van der Waals surface area (Å²) in [5.74, 6) is -0.0607. The SMILES string of the molecule is CC(=O)Nc1cccc2c1CCN(C(=O)c1cnn(C3CCOCC3)c1C)C2. The van der Waals surface area contributed by atoms with Crippen molar-refractivity contribution >= 4 is 17.5 Å². The van der Waals surface area contributed by atoms with E-state index in [2.05, 4.69) is 10.4 Å². The maximum absolute atomic E-state index is 13.2. The Morgan fingerprint density at radius 1 is 1.25 bits per heavy atom. The summed E-state index contributed by atoms with van der Waals surface area (Å²) in [5.41, 5.74) is 4.65. The van der Waals surface area contributed by atoms with Gasteiger partial charge in [0.25, 0.3) is 5.91 Å². The number of nitrogens with one attached hydrogen (secondary N) is 1. The molecule has 7 heteroatoms. The lowest BCUT2D eigenvalue weighted by Crippen LogP contribution is -2.36. The summed E-state index contributed by atoms with van der Waals surface area (Å²) < 4.78 is 7.42. The number of benzene rings is 1. The molecule has 7 nitrogen and oxygen atoms in total. The van der Waals surface area contributed by atoms with Crippen LogP contribution in [0.1, 0.15) is 53.0 Å². The minimum Gasteiger partial charge on any atom is -0.381 e. The van der Waals surface area contributed by atoms with E-state index in [1.807, 2.05) is 34.7 Å². The van der Waals surface area contributed by atoms with Crippen LogP contribution >= 0.6 is 0 Å². The molecule has 3 heterocycles. The fraction of sp³-hybridized carbons (Fsp3) is 0.476. The lowest BCUT2D eigenvalue weighted by Gasteiger charge is -2.30. The Labute approximate surface area is 164 Å². The molecule has 2 aliphatic rings. The lowest BCUT2D eigenvalue weighted by molar-refractivity contribution is -0.114. The number of nitrogens with zero attached hydrogens (tertiary/aromatic N) is 3. The van der Waals surface area contributed by atoms with E-state index < -0.39 is 0 Å². The second kappa shape index (κ2) is 7.75. The van der Waals surface area contributed by atoms with Crippen LogP contribution in [0.15, 0.2) is 24.4 Å². The molecule has 148 valence electrons. The summed E-state index contributed by atoms with van der Waals surface area (Å²) in [6.45, 7) is 6.15. The first kappa shape index (κ1) is 18.7. The monoisotopic (exact) mass is 382 g/mol. The van der Waals surface area contributed by atoms with Crippen LogP contribution < -0.4 is 5.32 Å². The highest BCUT2D eigenvalue weighted by molar-refractivity contribution is 5.95. The van der Waals surface area contributed by atoms with E-state index in [9.17, 15) is 9.59 Å². The second-order valence-corrected chi connectivity index (χ2v) is 7.53. The average molecular weight is 382 g/mol. The Bertz CT molecular complexity index is 899. The van der Waals surface area contributed by atoms with Gasteiger partial charge in [-0.15, -0.1) is 0 Å². The molecule has 1 aromatic carbocycles. The van der Waals surface area contributed by atoms with E-state index in [0.29, 0.717) is 24.7 Å². The molecule has 1 N–H and O–H groups in total. The van der Waals surface area contributed by atoms with Crippen LogP contribution in [0, 0.1) is 6.92 Å². The van der Waals surface area contributed by atoms with Gasteiger partial charge in [-0.25, -0.2) is 0 Å². The Hall–Kier alpha value is -2.67. The molecule has 0 atom stereocenters. The average Bonchev–Trinajstić information content (AvgIpc) is 3.09. The van der Waals surface area contributed by atoms with Crippen molar-refractivity contribution in [1.82, 2.24) is 14.7 Å². The Morgan fingerprint density at radius 2 is 2.04 bits per heavy atom. The molecule has 0 bridgehead atoms. The summed E-state index contributed by atoms with van der Waals surface area (Å²) in [6, 6.07) is 6.17. The van der Waals surface area contributed by atoms with Gasteiger partial charge in [-0.3, -0.25) is 14.3 Å². The van der Waals surface area contributed by atoms with E-state index in [1.165, 1.54) is 6.92 Å². The zero-order valence-corrected chi connectivity index (χ0v) is 16.4. The number of carbonyl (C=O) groups is 2. The molecular weight excluding hydrogens is 356 g/mol. The normalized spacial score (nSPS) is 17.3. The maximum atomic E-state index is 13.2. The number of ether oxygens (including phenoxy) is 1. The van der Waals surface area contributed by atoms with Crippen molar-refractivity contribution in [3.05, 3.63) is 46.8 Å². The predicted octanol–water partition coefficient (Wildman–Crippen LogP) is 2.70. The largest absolute Gasteiger partial charge is 0.381 e. The van der Waals surface area contributed by atoms with Gasteiger partial charge in [0.1, 0.15) is 0 Å². The first-order valence-electron chi connectivity index (χ1n) is 9.84. The van der Waals surface area contributed by atoms with Crippen LogP contribution in [0.3, 0.4) is 0 Å². The molecule has 2 aliphatic heterocycles. The first-order chi connectivity index (χ1) is 13.5. The summed E-state index contributed by atoms with van der Waals surface area (Å²) >= 11 is 0. The summed E-state index contributed by atoms with van der Waals surface area (Å²) in [5, 5.41) is 7.40. The lowest BCUT2D eigenvalue weighted by atomic mass is 9.97. The van der Waals surface area contributed by atoms with Crippen molar-refractivity contribution in [2.75, 3.05) is 25.1 Å². The Balaban J connectivity index is 1.53. The summed E-state index contributed by atoms with van der Waals surface area (Å²) in [6.07, 6.45) is 4.29. The molecule has 0 spiro atoms. The van der Waals surface area contributed by atoms with Gasteiger partial charge in [-0.05, 0) is 43.4 Å². The van der Waals surface area contributed by atoms with Crippen LogP contribution in [0.4, 0.5) is 5.69 Å². The molecule has 0 radical (unpaired) electrons. The molecule has 1 aromatic heterocycles. The van der Waals surface area contributed by atoms with Crippen LogP contribution in [-0.2, 0) is 22.5 Å². The Kier molecular flexibility index (Phi) is 5.17. The molecule has 0 saturated carbocycles. The predicted molar refractivity (Wildman–Crippen MR) is 105 cm³/mol. The maximum Gasteiger partial charge on any atom is 0.257 e. The molecule has 0 unspecified atom stereocenters. The van der Waals surface area contributed by atoms with Crippen molar-refractivity contribution in [2.45, 2.75) is 45.7 Å². The van der Waals surface area contributed by atoms with Crippen molar-refractivity contribution in [3.63, 3.8) is 0 Å². The van der Waals surface area contributed by atoms with Crippen LogP contribution in [-0.4, -0.2) is 46.3 Å². The van der Waals surface area contributed by atoms with Gasteiger partial charge in [0.2, 0.25) is 5.91 Å². The highest BCUT2D eigenvalue weighted by atomic mass is 16.5. The zero-order valence-electron chi connectivity index (χ0n) is 16.4. The molecule has 2 aromatic rings. The Morgan fingerprint density at radius 3 is 2.79 bits per heavy atom. The van der Waals surface area contributed by atoms with E-state index in [-0.39, 0.29) is 11.8 Å². The topological polar surface area (TPSA) is 76.5 Å². The molecular formula is C21H26N4O3. The highest BCUT2D eigenvalue weighted by Gasteiger charge is 2.27. The minimum absolute atomic E-state index is 0.0198. The van der Waals surface area contributed by atoms with E-state index in [4.69, 9.17) is 4.74 Å². The van der Waals surface area contributed by atoms with Crippen LogP contribution in [0.2, 0.25) is 0 Å². The molecule has 2 amide bonds. The van der Waals surface area contributed by atoms with Crippen LogP contribution in [0.25, 0.3) is 0 Å². The number of fused-ring (bicyclic) bond motifs is 1. The number of anilines is 1. The van der Waals surface area contributed by atoms with Crippen molar-refractivity contribution in [3.8, 4) is 0 Å². The van der Waals surface area contributed by atoms with Crippen LogP contribution in [0.5, 0.6) is 0 Å². The smallest absolute Gasteiger partial charge is 0.257 e. The molecule has 4 rings (SSSR count). The number of carbonyl (C=O) groups excluding carboxylic acids is 2. The second-order valence-electron chi connectivity index (χ2n) is 7.53. The summed E-state index contributed by atoms with van der Waals surface area (Å²) in [7, 11) is 0. The van der Waals surface area contributed by atoms with Gasteiger partial charge < -0.3 is 15.0 Å². The number of hydrogen-bond donors (Lipinski definition) is 1. The van der Waals surface area contributed by atoms with Gasteiger partial charge in [-0.1, -0.05) is 12.1 Å². The van der Waals surface area contributed by atoms with Gasteiger partial charge >= 0.3 is 0 Å².